The normalized spacial score (nSPS) is 11.8. The third kappa shape index (κ3) is 2.23. The van der Waals surface area contributed by atoms with Gasteiger partial charge in [0.2, 0.25) is 0 Å². The maximum absolute atomic E-state index is 12.8. The van der Waals surface area contributed by atoms with Gasteiger partial charge in [-0.15, -0.1) is 9.19 Å². The summed E-state index contributed by atoms with van der Waals surface area (Å²) in [5, 5.41) is 7.74. The van der Waals surface area contributed by atoms with E-state index in [1.54, 1.807) is 38.3 Å². The van der Waals surface area contributed by atoms with Gasteiger partial charge in [-0.3, -0.25) is 0 Å². The van der Waals surface area contributed by atoms with Crippen molar-refractivity contribution in [1.82, 2.24) is 14.4 Å². The van der Waals surface area contributed by atoms with Gasteiger partial charge in [0.25, 0.3) is 10.0 Å². The van der Waals surface area contributed by atoms with Crippen molar-refractivity contribution in [1.29, 1.82) is 0 Å². The Labute approximate surface area is 128 Å². The summed E-state index contributed by atoms with van der Waals surface area (Å²) in [6.45, 7) is 3.71. The highest BCUT2D eigenvalue weighted by molar-refractivity contribution is 7.90. The van der Waals surface area contributed by atoms with E-state index in [1.807, 2.05) is 13.0 Å². The lowest BCUT2D eigenvalue weighted by molar-refractivity contribution is 0.411. The summed E-state index contributed by atoms with van der Waals surface area (Å²) < 4.78 is 31.6. The fourth-order valence-electron chi connectivity index (χ4n) is 2.30. The van der Waals surface area contributed by atoms with E-state index < -0.39 is 10.0 Å². The summed E-state index contributed by atoms with van der Waals surface area (Å²) in [4.78, 5) is 0.151. The quantitative estimate of drug-likeness (QED) is 0.741. The van der Waals surface area contributed by atoms with Crippen LogP contribution in [-0.2, 0) is 10.0 Å². The molecular formula is C15H15N3O3S. The second-order valence-electron chi connectivity index (χ2n) is 5.06. The standard InChI is InChI=1S/C15H15N3O3S/c1-10-4-6-14-13(8-10)16-17-18(14)22(19,20)12-5-7-15(21-3)11(2)9-12/h4-9H,1-3H3. The van der Waals surface area contributed by atoms with Crippen LogP contribution in [0.3, 0.4) is 0 Å². The molecular weight excluding hydrogens is 302 g/mol. The Hall–Kier alpha value is -2.41. The first kappa shape index (κ1) is 14.5. The number of ether oxygens (including phenoxy) is 1. The monoisotopic (exact) mass is 317 g/mol. The van der Waals surface area contributed by atoms with Gasteiger partial charge in [0.15, 0.2) is 0 Å². The molecule has 7 heteroatoms. The molecule has 1 heterocycles. The van der Waals surface area contributed by atoms with Crippen molar-refractivity contribution < 1.29 is 13.2 Å². The molecule has 22 heavy (non-hydrogen) atoms. The van der Waals surface area contributed by atoms with Gasteiger partial charge in [-0.1, -0.05) is 11.3 Å². The van der Waals surface area contributed by atoms with Gasteiger partial charge in [-0.25, -0.2) is 0 Å². The maximum Gasteiger partial charge on any atom is 0.284 e. The lowest BCUT2D eigenvalue weighted by atomic mass is 10.2. The van der Waals surface area contributed by atoms with E-state index in [2.05, 4.69) is 10.3 Å². The highest BCUT2D eigenvalue weighted by Gasteiger charge is 2.22. The minimum atomic E-state index is -3.80. The van der Waals surface area contributed by atoms with Crippen LogP contribution < -0.4 is 4.74 Å². The van der Waals surface area contributed by atoms with Crippen LogP contribution in [-0.4, -0.2) is 29.9 Å². The molecule has 0 N–H and O–H groups in total. The summed E-state index contributed by atoms with van der Waals surface area (Å²) >= 11 is 0. The van der Waals surface area contributed by atoms with Crippen molar-refractivity contribution in [2.24, 2.45) is 0 Å². The molecule has 3 rings (SSSR count). The van der Waals surface area contributed by atoms with E-state index in [0.717, 1.165) is 15.2 Å². The van der Waals surface area contributed by atoms with Gasteiger partial charge in [-0.2, -0.15) is 8.42 Å². The number of fused-ring (bicyclic) bond motifs is 1. The zero-order chi connectivity index (χ0) is 15.9. The Kier molecular flexibility index (Phi) is 3.37. The van der Waals surface area contributed by atoms with Crippen LogP contribution in [0.15, 0.2) is 41.3 Å². The summed E-state index contributed by atoms with van der Waals surface area (Å²) in [6, 6.07) is 10.0. The molecule has 0 radical (unpaired) electrons. The van der Waals surface area contributed by atoms with Crippen molar-refractivity contribution in [3.05, 3.63) is 47.5 Å². The zero-order valence-corrected chi connectivity index (χ0v) is 13.3. The van der Waals surface area contributed by atoms with Crippen LogP contribution in [0.2, 0.25) is 0 Å². The molecule has 0 aliphatic rings. The number of benzene rings is 2. The molecule has 0 fully saturated rings. The van der Waals surface area contributed by atoms with Gasteiger partial charge in [-0.05, 0) is 55.3 Å². The molecule has 0 spiro atoms. The van der Waals surface area contributed by atoms with Crippen LogP contribution in [0.4, 0.5) is 0 Å². The fraction of sp³-hybridized carbons (Fsp3) is 0.200. The fourth-order valence-corrected chi connectivity index (χ4v) is 3.61. The first-order valence-corrected chi connectivity index (χ1v) is 8.10. The molecule has 0 saturated carbocycles. The predicted octanol–water partition coefficient (Wildman–Crippen LogP) is 2.29. The van der Waals surface area contributed by atoms with E-state index in [1.165, 1.54) is 6.07 Å². The molecule has 0 unspecified atom stereocenters. The van der Waals surface area contributed by atoms with Gasteiger partial charge >= 0.3 is 0 Å². The van der Waals surface area contributed by atoms with Gasteiger partial charge < -0.3 is 4.74 Å². The van der Waals surface area contributed by atoms with Gasteiger partial charge in [0.1, 0.15) is 16.8 Å². The predicted molar refractivity (Wildman–Crippen MR) is 82.6 cm³/mol. The van der Waals surface area contributed by atoms with Crippen LogP contribution in [0.1, 0.15) is 11.1 Å². The smallest absolute Gasteiger partial charge is 0.284 e. The lowest BCUT2D eigenvalue weighted by Crippen LogP contribution is -2.15. The van der Waals surface area contributed by atoms with Crippen molar-refractivity contribution in [2.45, 2.75) is 18.7 Å². The molecule has 114 valence electrons. The van der Waals surface area contributed by atoms with Gasteiger partial charge in [0, 0.05) is 0 Å². The van der Waals surface area contributed by atoms with Crippen molar-refractivity contribution in [3.8, 4) is 5.75 Å². The largest absolute Gasteiger partial charge is 0.496 e. The summed E-state index contributed by atoms with van der Waals surface area (Å²) in [6.07, 6.45) is 0. The first-order valence-electron chi connectivity index (χ1n) is 6.66. The van der Waals surface area contributed by atoms with Crippen molar-refractivity contribution in [3.63, 3.8) is 0 Å². The summed E-state index contributed by atoms with van der Waals surface area (Å²) in [7, 11) is -2.25. The number of methoxy groups -OCH3 is 1. The second-order valence-corrected chi connectivity index (χ2v) is 6.83. The number of nitrogens with zero attached hydrogens (tertiary/aromatic N) is 3. The SMILES string of the molecule is COc1ccc(S(=O)(=O)n2nnc3cc(C)ccc32)cc1C. The molecule has 3 aromatic rings. The van der Waals surface area contributed by atoms with E-state index in [4.69, 9.17) is 4.74 Å². The number of hydrogen-bond donors (Lipinski definition) is 0. The molecule has 0 bridgehead atoms. The Bertz CT molecular complexity index is 961. The maximum atomic E-state index is 12.8. The topological polar surface area (TPSA) is 74.1 Å². The third-order valence-corrected chi connectivity index (χ3v) is 5.04. The molecule has 2 aromatic carbocycles. The minimum Gasteiger partial charge on any atom is -0.496 e. The number of hydrogen-bond acceptors (Lipinski definition) is 5. The number of aryl methyl sites for hydroxylation is 2. The zero-order valence-electron chi connectivity index (χ0n) is 12.4. The third-order valence-electron chi connectivity index (χ3n) is 3.46. The van der Waals surface area contributed by atoms with E-state index in [-0.39, 0.29) is 4.90 Å². The van der Waals surface area contributed by atoms with Crippen molar-refractivity contribution in [2.75, 3.05) is 7.11 Å². The molecule has 0 amide bonds. The second kappa shape index (κ2) is 5.10. The summed E-state index contributed by atoms with van der Waals surface area (Å²) in [5.41, 5.74) is 2.74. The summed E-state index contributed by atoms with van der Waals surface area (Å²) in [5.74, 6) is 0.637. The molecule has 6 nitrogen and oxygen atoms in total. The van der Waals surface area contributed by atoms with Crippen LogP contribution >= 0.6 is 0 Å². The van der Waals surface area contributed by atoms with Crippen LogP contribution in [0.5, 0.6) is 5.75 Å². The molecule has 1 aromatic heterocycles. The average Bonchev–Trinajstić information content (AvgIpc) is 2.90. The lowest BCUT2D eigenvalue weighted by Gasteiger charge is -2.08. The average molecular weight is 317 g/mol. The van der Waals surface area contributed by atoms with E-state index >= 15 is 0 Å². The number of aromatic nitrogens is 3. The number of rotatable bonds is 3. The van der Waals surface area contributed by atoms with E-state index in [0.29, 0.717) is 16.8 Å². The highest BCUT2D eigenvalue weighted by atomic mass is 32.2. The Morgan fingerprint density at radius 1 is 1.09 bits per heavy atom. The van der Waals surface area contributed by atoms with Crippen molar-refractivity contribution >= 4 is 21.1 Å². The molecule has 0 aliphatic carbocycles. The van der Waals surface area contributed by atoms with E-state index in [9.17, 15) is 8.42 Å². The Balaban J connectivity index is 2.18. The molecule has 0 aliphatic heterocycles. The Morgan fingerprint density at radius 3 is 2.55 bits per heavy atom. The highest BCUT2D eigenvalue weighted by Crippen LogP contribution is 2.24. The molecule has 0 atom stereocenters. The van der Waals surface area contributed by atoms with Crippen LogP contribution in [0, 0.1) is 13.8 Å². The first-order chi connectivity index (χ1) is 10.4. The van der Waals surface area contributed by atoms with Crippen LogP contribution in [0.25, 0.3) is 11.0 Å². The molecule has 0 saturated heterocycles. The Morgan fingerprint density at radius 2 is 1.86 bits per heavy atom. The van der Waals surface area contributed by atoms with Gasteiger partial charge in [0.05, 0.1) is 12.0 Å². The minimum absolute atomic E-state index is 0.151.